The number of hydrogen-bond donors (Lipinski definition) is 5. The fourth-order valence-electron chi connectivity index (χ4n) is 6.97. The first-order chi connectivity index (χ1) is 23.5. The first kappa shape index (κ1) is 31.8. The van der Waals surface area contributed by atoms with Crippen molar-refractivity contribution >= 4 is 75.9 Å². The smallest absolute Gasteiger partial charge is 0.231 e. The molecule has 2 saturated heterocycles. The molecule has 2 fully saturated rings. The second-order valence-electron chi connectivity index (χ2n) is 12.4. The van der Waals surface area contributed by atoms with Crippen LogP contribution in [0.3, 0.4) is 0 Å². The van der Waals surface area contributed by atoms with Crippen molar-refractivity contribution in [3.63, 3.8) is 0 Å². The molecule has 7 rings (SSSR count). The van der Waals surface area contributed by atoms with E-state index >= 15 is 0 Å². The van der Waals surface area contributed by atoms with E-state index in [0.29, 0.717) is 34.9 Å². The Morgan fingerprint density at radius 2 is 1.92 bits per heavy atom. The van der Waals surface area contributed by atoms with Crippen LogP contribution in [0, 0.1) is 5.41 Å². The largest absolute Gasteiger partial charge is 0.494 e. The topological polar surface area (TPSA) is 143 Å². The minimum Gasteiger partial charge on any atom is -0.494 e. The zero-order valence-corrected chi connectivity index (χ0v) is 28.7. The molecule has 1 atom stereocenters. The number of hydrogen-bond acceptors (Lipinski definition) is 11. The summed E-state index contributed by atoms with van der Waals surface area (Å²) in [6.07, 6.45) is 12.4. The predicted molar refractivity (Wildman–Crippen MR) is 199 cm³/mol. The van der Waals surface area contributed by atoms with E-state index in [1.807, 2.05) is 37.6 Å². The predicted octanol–water partition coefficient (Wildman–Crippen LogP) is 5.65. The molecule has 2 aliphatic heterocycles. The second kappa shape index (κ2) is 13.7. The van der Waals surface area contributed by atoms with Crippen molar-refractivity contribution in [2.75, 3.05) is 69.2 Å². The average molecular weight is 664 g/mol. The van der Waals surface area contributed by atoms with Crippen LogP contribution in [0.5, 0.6) is 5.75 Å². The molecule has 5 aromatic rings. The van der Waals surface area contributed by atoms with Gasteiger partial charge >= 0.3 is 0 Å². The molecule has 0 aliphatic carbocycles. The molecular weight excluding hydrogens is 621 g/mol. The monoisotopic (exact) mass is 663 g/mol. The Morgan fingerprint density at radius 3 is 2.73 bits per heavy atom. The van der Waals surface area contributed by atoms with E-state index in [2.05, 4.69) is 66.2 Å². The van der Waals surface area contributed by atoms with E-state index in [1.165, 1.54) is 32.0 Å². The minimum atomic E-state index is -0.510. The molecule has 248 valence electrons. The molecule has 0 saturated carbocycles. The summed E-state index contributed by atoms with van der Waals surface area (Å²) in [6, 6.07) is 10.7. The number of H-pyrrole nitrogens is 1. The SMILES string of the molecule is CN/C=C(\C=N)c1cc(Nc2nc(Nc3ccc4nccnc4c3P(C)C)c3cc[nH]c3n2)c(OC)cc1N1CCN2CCCCC2C1. The Labute approximate surface area is 281 Å². The third kappa shape index (κ3) is 6.13. The number of benzene rings is 2. The van der Waals surface area contributed by atoms with Crippen molar-refractivity contribution in [3.05, 3.63) is 60.7 Å². The van der Waals surface area contributed by atoms with Gasteiger partial charge < -0.3 is 36.0 Å². The number of nitrogens with one attached hydrogen (secondary N) is 5. The molecule has 1 unspecified atom stereocenters. The number of fused-ring (bicyclic) bond motifs is 3. The van der Waals surface area contributed by atoms with Crippen LogP contribution < -0.4 is 30.9 Å². The molecule has 5 N–H and O–H groups in total. The maximum Gasteiger partial charge on any atom is 0.231 e. The molecule has 13 heteroatoms. The van der Waals surface area contributed by atoms with Crippen LogP contribution in [0.2, 0.25) is 0 Å². The van der Waals surface area contributed by atoms with Crippen LogP contribution in [-0.4, -0.2) is 95.7 Å². The van der Waals surface area contributed by atoms with Crippen LogP contribution in [0.1, 0.15) is 24.8 Å². The number of aromatic nitrogens is 5. The lowest BCUT2D eigenvalue weighted by atomic mass is 9.97. The fraction of sp³-hybridized carbons (Fsp3) is 0.343. The number of anilines is 5. The highest BCUT2D eigenvalue weighted by Crippen LogP contribution is 2.40. The highest BCUT2D eigenvalue weighted by Gasteiger charge is 2.31. The highest BCUT2D eigenvalue weighted by atomic mass is 31.1. The molecule has 12 nitrogen and oxygen atoms in total. The van der Waals surface area contributed by atoms with Crippen LogP contribution in [0.4, 0.5) is 28.8 Å². The van der Waals surface area contributed by atoms with Gasteiger partial charge in [0.05, 0.1) is 29.2 Å². The Morgan fingerprint density at radius 1 is 1.04 bits per heavy atom. The Balaban J connectivity index is 1.27. The van der Waals surface area contributed by atoms with Gasteiger partial charge in [0.15, 0.2) is 0 Å². The quantitative estimate of drug-likeness (QED) is 0.0940. The zero-order valence-electron chi connectivity index (χ0n) is 27.8. The maximum absolute atomic E-state index is 8.30. The van der Waals surface area contributed by atoms with Crippen molar-refractivity contribution in [1.29, 1.82) is 5.41 Å². The lowest BCUT2D eigenvalue weighted by molar-refractivity contribution is 0.133. The van der Waals surface area contributed by atoms with Gasteiger partial charge in [0.2, 0.25) is 5.95 Å². The normalized spacial score (nSPS) is 17.1. The molecule has 0 bridgehead atoms. The zero-order chi connectivity index (χ0) is 33.2. The average Bonchev–Trinajstić information content (AvgIpc) is 3.59. The summed E-state index contributed by atoms with van der Waals surface area (Å²) in [6.45, 7) is 8.53. The summed E-state index contributed by atoms with van der Waals surface area (Å²) < 4.78 is 5.98. The molecule has 0 radical (unpaired) electrons. The van der Waals surface area contributed by atoms with E-state index in [0.717, 1.165) is 63.9 Å². The van der Waals surface area contributed by atoms with Crippen molar-refractivity contribution in [1.82, 2.24) is 35.1 Å². The fourth-order valence-corrected chi connectivity index (χ4v) is 8.18. The summed E-state index contributed by atoms with van der Waals surface area (Å²) in [5.74, 6) is 1.75. The number of ether oxygens (including phenoxy) is 1. The van der Waals surface area contributed by atoms with E-state index < -0.39 is 7.92 Å². The second-order valence-corrected chi connectivity index (χ2v) is 14.6. The standard InChI is InChI=1S/C35H42N11OP/c1-37-20-22(19-36)25-17-28(30(47-2)18-29(25)46-16-15-45-14-6-5-7-23(45)21-46)42-35-43-33-24(10-11-40-33)34(44-35)41-27-9-8-26-31(32(27)48(3)4)39-13-12-38-26/h8-13,17-20,23,36-37H,5-7,14-16,21H2,1-4H3,(H3,40,41,42,43,44)/b22-20+,36-19?. The van der Waals surface area contributed by atoms with Gasteiger partial charge in [-0.1, -0.05) is 14.3 Å². The first-order valence-corrected chi connectivity index (χ1v) is 18.6. The minimum absolute atomic E-state index is 0.409. The van der Waals surface area contributed by atoms with Crippen molar-refractivity contribution in [2.24, 2.45) is 0 Å². The number of piperidine rings is 1. The molecule has 5 heterocycles. The molecule has 2 aromatic carbocycles. The molecule has 0 spiro atoms. The van der Waals surface area contributed by atoms with Crippen LogP contribution >= 0.6 is 7.92 Å². The Bertz CT molecular complexity index is 1990. The molecular formula is C35H42N11OP. The van der Waals surface area contributed by atoms with Gasteiger partial charge in [-0.3, -0.25) is 14.9 Å². The molecule has 48 heavy (non-hydrogen) atoms. The summed E-state index contributed by atoms with van der Waals surface area (Å²) in [4.78, 5) is 27.3. The van der Waals surface area contributed by atoms with Gasteiger partial charge in [0.25, 0.3) is 0 Å². The molecule has 2 aliphatic rings. The number of piperazine rings is 1. The van der Waals surface area contributed by atoms with Crippen LogP contribution in [0.15, 0.2) is 55.1 Å². The van der Waals surface area contributed by atoms with E-state index in [1.54, 1.807) is 19.5 Å². The number of methoxy groups -OCH3 is 1. The number of aromatic amines is 1. The Hall–Kier alpha value is -4.80. The van der Waals surface area contributed by atoms with Gasteiger partial charge in [-0.2, -0.15) is 9.97 Å². The van der Waals surface area contributed by atoms with Gasteiger partial charge in [0.1, 0.15) is 17.2 Å². The number of nitrogens with zero attached hydrogens (tertiary/aromatic N) is 6. The van der Waals surface area contributed by atoms with Crippen molar-refractivity contribution in [2.45, 2.75) is 25.3 Å². The summed E-state index contributed by atoms with van der Waals surface area (Å²) in [7, 11) is 3.03. The van der Waals surface area contributed by atoms with Crippen LogP contribution in [-0.2, 0) is 0 Å². The van der Waals surface area contributed by atoms with Gasteiger partial charge in [0, 0.05) is 97.6 Å². The van der Waals surface area contributed by atoms with Crippen molar-refractivity contribution < 1.29 is 4.74 Å². The first-order valence-electron chi connectivity index (χ1n) is 16.4. The Kier molecular flexibility index (Phi) is 9.10. The van der Waals surface area contributed by atoms with E-state index in [4.69, 9.17) is 20.1 Å². The number of rotatable bonds is 10. The number of allylic oxidation sites excluding steroid dienone is 1. The maximum atomic E-state index is 8.30. The van der Waals surface area contributed by atoms with E-state index in [9.17, 15) is 0 Å². The third-order valence-corrected chi connectivity index (χ3v) is 10.6. The molecule has 3 aromatic heterocycles. The summed E-state index contributed by atoms with van der Waals surface area (Å²) in [5, 5.41) is 20.5. The summed E-state index contributed by atoms with van der Waals surface area (Å²) >= 11 is 0. The third-order valence-electron chi connectivity index (χ3n) is 9.24. The van der Waals surface area contributed by atoms with Crippen LogP contribution in [0.25, 0.3) is 27.6 Å². The van der Waals surface area contributed by atoms with Gasteiger partial charge in [-0.05, 0) is 57.0 Å². The van der Waals surface area contributed by atoms with E-state index in [-0.39, 0.29) is 0 Å². The van der Waals surface area contributed by atoms with Crippen molar-refractivity contribution in [3.8, 4) is 5.75 Å². The summed E-state index contributed by atoms with van der Waals surface area (Å²) in [5.41, 5.74) is 6.89. The molecule has 0 amide bonds. The van der Waals surface area contributed by atoms with Gasteiger partial charge in [-0.15, -0.1) is 0 Å². The highest BCUT2D eigenvalue weighted by molar-refractivity contribution is 7.65. The van der Waals surface area contributed by atoms with Gasteiger partial charge in [-0.25, -0.2) is 0 Å². The lowest BCUT2D eigenvalue weighted by Crippen LogP contribution is -2.55. The lowest BCUT2D eigenvalue weighted by Gasteiger charge is -2.45.